The minimum atomic E-state index is -0.774. The maximum Gasteiger partial charge on any atom is 0.343 e. The molecule has 1 aromatic heterocycles. The maximum atomic E-state index is 12.7. The first kappa shape index (κ1) is 21.3. The molecule has 0 fully saturated rings. The number of hydrogen-bond acceptors (Lipinski definition) is 7. The molecule has 8 heteroatoms. The summed E-state index contributed by atoms with van der Waals surface area (Å²) in [6, 6.07) is 16.1. The Balaban J connectivity index is 1.77. The van der Waals surface area contributed by atoms with E-state index in [4.69, 9.17) is 36.0 Å². The van der Waals surface area contributed by atoms with Crippen LogP contribution in [0.4, 0.5) is 0 Å². The van der Waals surface area contributed by atoms with Crippen LogP contribution < -0.4 is 25.6 Å². The SMILES string of the molecule is COc1ccc([C@@H]2C(C#N)=C(N)Oc3cc(C)oc(=O)c32)cc1OCc1ccc(Cl)cc1. The van der Waals surface area contributed by atoms with Crippen LogP contribution in [0.15, 0.2) is 69.2 Å². The highest BCUT2D eigenvalue weighted by molar-refractivity contribution is 6.30. The molecule has 4 rings (SSSR count). The number of aryl methyl sites for hydroxylation is 1. The van der Waals surface area contributed by atoms with Gasteiger partial charge in [0.05, 0.1) is 18.6 Å². The van der Waals surface area contributed by atoms with Gasteiger partial charge < -0.3 is 24.4 Å². The number of fused-ring (bicyclic) bond motifs is 1. The molecule has 0 saturated carbocycles. The molecule has 32 heavy (non-hydrogen) atoms. The van der Waals surface area contributed by atoms with E-state index in [0.29, 0.717) is 27.8 Å². The quantitative estimate of drug-likeness (QED) is 0.613. The Morgan fingerprint density at radius 3 is 2.59 bits per heavy atom. The molecular formula is C24H19ClN2O5. The van der Waals surface area contributed by atoms with Crippen LogP contribution in [0.2, 0.25) is 5.02 Å². The molecule has 1 aliphatic heterocycles. The van der Waals surface area contributed by atoms with Crippen molar-refractivity contribution >= 4 is 11.6 Å². The van der Waals surface area contributed by atoms with E-state index in [2.05, 4.69) is 6.07 Å². The van der Waals surface area contributed by atoms with Gasteiger partial charge >= 0.3 is 5.63 Å². The molecule has 0 aliphatic carbocycles. The fourth-order valence-electron chi connectivity index (χ4n) is 3.58. The molecule has 0 saturated heterocycles. The first-order valence-electron chi connectivity index (χ1n) is 9.68. The summed E-state index contributed by atoms with van der Waals surface area (Å²) in [5, 5.41) is 10.4. The second kappa shape index (κ2) is 8.69. The van der Waals surface area contributed by atoms with Gasteiger partial charge in [-0.25, -0.2) is 4.79 Å². The van der Waals surface area contributed by atoms with E-state index in [1.165, 1.54) is 7.11 Å². The molecule has 3 aromatic rings. The van der Waals surface area contributed by atoms with Crippen molar-refractivity contribution in [2.75, 3.05) is 7.11 Å². The summed E-state index contributed by atoms with van der Waals surface area (Å²) >= 11 is 5.94. The van der Waals surface area contributed by atoms with Gasteiger partial charge in [0.25, 0.3) is 0 Å². The molecule has 0 radical (unpaired) electrons. The van der Waals surface area contributed by atoms with Crippen molar-refractivity contribution in [3.05, 3.63) is 97.9 Å². The Labute approximate surface area is 189 Å². The molecule has 1 atom stereocenters. The number of nitriles is 1. The summed E-state index contributed by atoms with van der Waals surface area (Å²) < 4.78 is 22.2. The van der Waals surface area contributed by atoms with Crippen LogP contribution in [0.5, 0.6) is 17.2 Å². The number of nitrogens with two attached hydrogens (primary N) is 1. The Hall–Kier alpha value is -3.89. The number of rotatable bonds is 5. The smallest absolute Gasteiger partial charge is 0.343 e. The van der Waals surface area contributed by atoms with Gasteiger partial charge in [0.15, 0.2) is 11.5 Å². The number of methoxy groups -OCH3 is 1. The van der Waals surface area contributed by atoms with Crippen LogP contribution in [-0.2, 0) is 6.61 Å². The molecular weight excluding hydrogens is 432 g/mol. The predicted molar refractivity (Wildman–Crippen MR) is 118 cm³/mol. The van der Waals surface area contributed by atoms with Gasteiger partial charge in [0.1, 0.15) is 29.8 Å². The summed E-state index contributed by atoms with van der Waals surface area (Å²) in [5.74, 6) is 0.753. The summed E-state index contributed by atoms with van der Waals surface area (Å²) in [5.41, 5.74) is 7.25. The van der Waals surface area contributed by atoms with E-state index in [1.807, 2.05) is 12.1 Å². The molecule has 7 nitrogen and oxygen atoms in total. The standard InChI is InChI=1S/C24H19ClN2O5/c1-13-9-20-22(24(28)31-13)21(17(11-26)23(27)32-20)15-5-8-18(29-2)19(10-15)30-12-14-3-6-16(25)7-4-14/h3-10,21H,12,27H2,1-2H3/t21-/m1/s1. The average molecular weight is 451 g/mol. The van der Waals surface area contributed by atoms with E-state index in [-0.39, 0.29) is 29.4 Å². The van der Waals surface area contributed by atoms with Crippen molar-refractivity contribution in [3.8, 4) is 23.3 Å². The molecule has 2 heterocycles. The minimum Gasteiger partial charge on any atom is -0.493 e. The topological polar surface area (TPSA) is 108 Å². The molecule has 0 spiro atoms. The van der Waals surface area contributed by atoms with Gasteiger partial charge in [-0.05, 0) is 42.3 Å². The van der Waals surface area contributed by atoms with E-state index >= 15 is 0 Å². The predicted octanol–water partition coefficient (Wildman–Crippen LogP) is 4.41. The van der Waals surface area contributed by atoms with Crippen LogP contribution in [0, 0.1) is 18.3 Å². The monoisotopic (exact) mass is 450 g/mol. The van der Waals surface area contributed by atoms with Crippen LogP contribution in [0.25, 0.3) is 0 Å². The molecule has 0 unspecified atom stereocenters. The van der Waals surface area contributed by atoms with Crippen LogP contribution in [0.1, 0.15) is 28.4 Å². The highest BCUT2D eigenvalue weighted by Crippen LogP contribution is 2.42. The maximum absolute atomic E-state index is 12.7. The first-order chi connectivity index (χ1) is 15.4. The zero-order chi connectivity index (χ0) is 22.8. The highest BCUT2D eigenvalue weighted by Gasteiger charge is 2.34. The largest absolute Gasteiger partial charge is 0.493 e. The van der Waals surface area contributed by atoms with Crippen molar-refractivity contribution in [1.82, 2.24) is 0 Å². The van der Waals surface area contributed by atoms with Crippen molar-refractivity contribution in [3.63, 3.8) is 0 Å². The average Bonchev–Trinajstić information content (AvgIpc) is 2.77. The Morgan fingerprint density at radius 1 is 1.16 bits per heavy atom. The molecule has 2 N–H and O–H groups in total. The van der Waals surface area contributed by atoms with E-state index < -0.39 is 11.5 Å². The van der Waals surface area contributed by atoms with Gasteiger partial charge in [-0.15, -0.1) is 0 Å². The third kappa shape index (κ3) is 4.01. The lowest BCUT2D eigenvalue weighted by molar-refractivity contribution is 0.284. The van der Waals surface area contributed by atoms with Gasteiger partial charge in [0.2, 0.25) is 5.88 Å². The Kier molecular flexibility index (Phi) is 5.80. The molecule has 2 aromatic carbocycles. The van der Waals surface area contributed by atoms with Crippen molar-refractivity contribution in [1.29, 1.82) is 5.26 Å². The Bertz CT molecular complexity index is 1310. The minimum absolute atomic E-state index is 0.0607. The van der Waals surface area contributed by atoms with Gasteiger partial charge in [-0.2, -0.15) is 5.26 Å². The lowest BCUT2D eigenvalue weighted by atomic mass is 9.84. The zero-order valence-electron chi connectivity index (χ0n) is 17.3. The van der Waals surface area contributed by atoms with Crippen molar-refractivity contribution in [2.24, 2.45) is 5.73 Å². The second-order valence-corrected chi connectivity index (χ2v) is 7.61. The Morgan fingerprint density at radius 2 is 1.91 bits per heavy atom. The molecule has 1 aliphatic rings. The van der Waals surface area contributed by atoms with E-state index in [1.54, 1.807) is 43.3 Å². The zero-order valence-corrected chi connectivity index (χ0v) is 18.1. The number of nitrogens with zero attached hydrogens (tertiary/aromatic N) is 1. The summed E-state index contributed by atoms with van der Waals surface area (Å²) in [6.45, 7) is 1.90. The van der Waals surface area contributed by atoms with Gasteiger partial charge in [0, 0.05) is 11.1 Å². The molecule has 0 amide bonds. The number of halogens is 1. The van der Waals surface area contributed by atoms with Crippen molar-refractivity contribution in [2.45, 2.75) is 19.4 Å². The van der Waals surface area contributed by atoms with Gasteiger partial charge in [-0.1, -0.05) is 29.8 Å². The third-order valence-corrected chi connectivity index (χ3v) is 5.34. The fraction of sp³-hybridized carbons (Fsp3) is 0.167. The van der Waals surface area contributed by atoms with E-state index in [9.17, 15) is 10.1 Å². The summed E-state index contributed by atoms with van der Waals surface area (Å²) in [4.78, 5) is 12.7. The van der Waals surface area contributed by atoms with Crippen LogP contribution in [-0.4, -0.2) is 7.11 Å². The number of ether oxygens (including phenoxy) is 3. The highest BCUT2D eigenvalue weighted by atomic mass is 35.5. The lowest BCUT2D eigenvalue weighted by Crippen LogP contribution is -2.26. The van der Waals surface area contributed by atoms with Crippen LogP contribution >= 0.6 is 11.6 Å². The molecule has 0 bridgehead atoms. The normalized spacial score (nSPS) is 14.9. The van der Waals surface area contributed by atoms with Gasteiger partial charge in [-0.3, -0.25) is 0 Å². The second-order valence-electron chi connectivity index (χ2n) is 7.17. The summed E-state index contributed by atoms with van der Waals surface area (Å²) in [7, 11) is 1.53. The molecule has 162 valence electrons. The van der Waals surface area contributed by atoms with Crippen molar-refractivity contribution < 1.29 is 18.6 Å². The third-order valence-electron chi connectivity index (χ3n) is 5.09. The summed E-state index contributed by atoms with van der Waals surface area (Å²) in [6.07, 6.45) is 0. The number of hydrogen-bond donors (Lipinski definition) is 1. The lowest BCUT2D eigenvalue weighted by Gasteiger charge is -2.25. The first-order valence-corrected chi connectivity index (χ1v) is 10.1. The fourth-order valence-corrected chi connectivity index (χ4v) is 3.70. The number of allylic oxidation sites excluding steroid dienone is 1. The van der Waals surface area contributed by atoms with Crippen LogP contribution in [0.3, 0.4) is 0 Å². The number of benzene rings is 2. The van der Waals surface area contributed by atoms with E-state index in [0.717, 1.165) is 5.56 Å².